The van der Waals surface area contributed by atoms with Crippen molar-refractivity contribution in [2.75, 3.05) is 7.05 Å². The van der Waals surface area contributed by atoms with Crippen LogP contribution in [0.25, 0.3) is 0 Å². The third-order valence-corrected chi connectivity index (χ3v) is 3.16. The van der Waals surface area contributed by atoms with Gasteiger partial charge in [-0.3, -0.25) is 4.98 Å². The van der Waals surface area contributed by atoms with Crippen LogP contribution in [0.2, 0.25) is 5.02 Å². The van der Waals surface area contributed by atoms with E-state index in [0.717, 1.165) is 17.0 Å². The number of hydrogen-bond donors (Lipinski definition) is 1. The fourth-order valence-corrected chi connectivity index (χ4v) is 2.15. The highest BCUT2D eigenvalue weighted by Gasteiger charge is 2.12. The molecule has 2 aromatic rings. The summed E-state index contributed by atoms with van der Waals surface area (Å²) in [5, 5.41) is 4.11. The molecule has 0 fully saturated rings. The van der Waals surface area contributed by atoms with Gasteiger partial charge in [-0.25, -0.2) is 0 Å². The SMILES string of the molecule is CNC(Cc1ccncc1)c1ccccc1Cl. The van der Waals surface area contributed by atoms with Gasteiger partial charge in [-0.05, 0) is 42.8 Å². The highest BCUT2D eigenvalue weighted by molar-refractivity contribution is 6.31. The molecule has 1 atom stereocenters. The van der Waals surface area contributed by atoms with E-state index in [2.05, 4.69) is 16.4 Å². The number of hydrogen-bond acceptors (Lipinski definition) is 2. The van der Waals surface area contributed by atoms with Crippen molar-refractivity contribution in [3.63, 3.8) is 0 Å². The summed E-state index contributed by atoms with van der Waals surface area (Å²) in [6, 6.07) is 12.2. The molecule has 88 valence electrons. The molecule has 1 N–H and O–H groups in total. The van der Waals surface area contributed by atoms with E-state index in [-0.39, 0.29) is 6.04 Å². The molecule has 0 spiro atoms. The standard InChI is InChI=1S/C14H15ClN2/c1-16-14(10-11-6-8-17-9-7-11)12-4-2-3-5-13(12)15/h2-9,14,16H,10H2,1H3. The van der Waals surface area contributed by atoms with Gasteiger partial charge in [-0.1, -0.05) is 29.8 Å². The van der Waals surface area contributed by atoms with Crippen LogP contribution in [0.4, 0.5) is 0 Å². The lowest BCUT2D eigenvalue weighted by Crippen LogP contribution is -2.19. The molecule has 1 unspecified atom stereocenters. The number of likely N-dealkylation sites (N-methyl/N-ethyl adjacent to an activating group) is 1. The van der Waals surface area contributed by atoms with Crippen molar-refractivity contribution in [3.8, 4) is 0 Å². The Morgan fingerprint density at radius 2 is 1.88 bits per heavy atom. The Labute approximate surface area is 107 Å². The molecular formula is C14H15ClN2. The topological polar surface area (TPSA) is 24.9 Å². The second-order valence-corrected chi connectivity index (χ2v) is 4.33. The maximum atomic E-state index is 6.21. The number of pyridine rings is 1. The van der Waals surface area contributed by atoms with Crippen molar-refractivity contribution >= 4 is 11.6 Å². The van der Waals surface area contributed by atoms with Gasteiger partial charge in [0.2, 0.25) is 0 Å². The number of aromatic nitrogens is 1. The number of halogens is 1. The number of benzene rings is 1. The van der Waals surface area contributed by atoms with Crippen molar-refractivity contribution in [1.29, 1.82) is 0 Å². The summed E-state index contributed by atoms with van der Waals surface area (Å²) < 4.78 is 0. The first-order valence-corrected chi connectivity index (χ1v) is 5.99. The summed E-state index contributed by atoms with van der Waals surface area (Å²) in [7, 11) is 1.95. The van der Waals surface area contributed by atoms with Crippen molar-refractivity contribution in [2.45, 2.75) is 12.5 Å². The Bertz CT molecular complexity index is 471. The summed E-state index contributed by atoms with van der Waals surface area (Å²) in [5.74, 6) is 0. The molecule has 0 radical (unpaired) electrons. The van der Waals surface area contributed by atoms with Gasteiger partial charge < -0.3 is 5.32 Å². The van der Waals surface area contributed by atoms with Gasteiger partial charge in [-0.2, -0.15) is 0 Å². The van der Waals surface area contributed by atoms with E-state index >= 15 is 0 Å². The second kappa shape index (κ2) is 5.80. The molecule has 2 nitrogen and oxygen atoms in total. The van der Waals surface area contributed by atoms with Gasteiger partial charge in [0.1, 0.15) is 0 Å². The average molecular weight is 247 g/mol. The van der Waals surface area contributed by atoms with Gasteiger partial charge in [0.05, 0.1) is 0 Å². The van der Waals surface area contributed by atoms with Gasteiger partial charge >= 0.3 is 0 Å². The van der Waals surface area contributed by atoms with E-state index in [1.807, 2.05) is 49.8 Å². The minimum atomic E-state index is 0.228. The molecule has 0 aliphatic heterocycles. The second-order valence-electron chi connectivity index (χ2n) is 3.92. The average Bonchev–Trinajstić information content (AvgIpc) is 2.38. The van der Waals surface area contributed by atoms with Crippen molar-refractivity contribution in [1.82, 2.24) is 10.3 Å². The first-order chi connectivity index (χ1) is 8.31. The van der Waals surface area contributed by atoms with E-state index in [1.165, 1.54) is 5.56 Å². The Morgan fingerprint density at radius 1 is 1.18 bits per heavy atom. The summed E-state index contributed by atoms with van der Waals surface area (Å²) in [4.78, 5) is 4.02. The lowest BCUT2D eigenvalue weighted by atomic mass is 10.00. The molecule has 0 aliphatic rings. The van der Waals surface area contributed by atoms with Crippen LogP contribution in [0, 0.1) is 0 Å². The Kier molecular flexibility index (Phi) is 4.13. The van der Waals surface area contributed by atoms with Crippen LogP contribution in [0.15, 0.2) is 48.8 Å². The third kappa shape index (κ3) is 3.05. The fraction of sp³-hybridized carbons (Fsp3) is 0.214. The molecule has 0 aliphatic carbocycles. The quantitative estimate of drug-likeness (QED) is 0.896. The molecule has 0 amide bonds. The molecule has 1 heterocycles. The molecule has 2 rings (SSSR count). The van der Waals surface area contributed by atoms with E-state index in [4.69, 9.17) is 11.6 Å². The molecule has 0 bridgehead atoms. The maximum Gasteiger partial charge on any atom is 0.0453 e. The van der Waals surface area contributed by atoms with Crippen LogP contribution in [-0.4, -0.2) is 12.0 Å². The van der Waals surface area contributed by atoms with Gasteiger partial charge in [0.25, 0.3) is 0 Å². The minimum Gasteiger partial charge on any atom is -0.313 e. The Balaban J connectivity index is 2.21. The minimum absolute atomic E-state index is 0.228. The monoisotopic (exact) mass is 246 g/mol. The Hall–Kier alpha value is -1.38. The van der Waals surface area contributed by atoms with Crippen LogP contribution in [0.3, 0.4) is 0 Å². The number of nitrogens with one attached hydrogen (secondary N) is 1. The van der Waals surface area contributed by atoms with Crippen molar-refractivity contribution in [2.24, 2.45) is 0 Å². The lowest BCUT2D eigenvalue weighted by Gasteiger charge is -2.17. The van der Waals surface area contributed by atoms with E-state index in [0.29, 0.717) is 0 Å². The summed E-state index contributed by atoms with van der Waals surface area (Å²) in [5.41, 5.74) is 2.38. The predicted octanol–water partition coefficient (Wildman–Crippen LogP) is 3.24. The smallest absolute Gasteiger partial charge is 0.0453 e. The highest BCUT2D eigenvalue weighted by atomic mass is 35.5. The highest BCUT2D eigenvalue weighted by Crippen LogP contribution is 2.25. The molecule has 0 saturated heterocycles. The fourth-order valence-electron chi connectivity index (χ4n) is 1.88. The maximum absolute atomic E-state index is 6.21. The molecule has 1 aromatic heterocycles. The zero-order chi connectivity index (χ0) is 12.1. The van der Waals surface area contributed by atoms with E-state index < -0.39 is 0 Å². The van der Waals surface area contributed by atoms with Crippen LogP contribution in [0.5, 0.6) is 0 Å². The lowest BCUT2D eigenvalue weighted by molar-refractivity contribution is 0.592. The van der Waals surface area contributed by atoms with Gasteiger partial charge in [-0.15, -0.1) is 0 Å². The number of rotatable bonds is 4. The predicted molar refractivity (Wildman–Crippen MR) is 71.2 cm³/mol. The normalized spacial score (nSPS) is 12.4. The van der Waals surface area contributed by atoms with E-state index in [1.54, 1.807) is 0 Å². The zero-order valence-electron chi connectivity index (χ0n) is 9.73. The largest absolute Gasteiger partial charge is 0.313 e. The van der Waals surface area contributed by atoms with Crippen LogP contribution >= 0.6 is 11.6 Å². The van der Waals surface area contributed by atoms with Crippen molar-refractivity contribution < 1.29 is 0 Å². The van der Waals surface area contributed by atoms with Crippen LogP contribution in [-0.2, 0) is 6.42 Å². The van der Waals surface area contributed by atoms with Gasteiger partial charge in [0, 0.05) is 23.5 Å². The van der Waals surface area contributed by atoms with Crippen LogP contribution < -0.4 is 5.32 Å². The van der Waals surface area contributed by atoms with E-state index in [9.17, 15) is 0 Å². The Morgan fingerprint density at radius 3 is 2.53 bits per heavy atom. The summed E-state index contributed by atoms with van der Waals surface area (Å²) >= 11 is 6.21. The third-order valence-electron chi connectivity index (χ3n) is 2.82. The first-order valence-electron chi connectivity index (χ1n) is 5.62. The molecular weight excluding hydrogens is 232 g/mol. The molecule has 17 heavy (non-hydrogen) atoms. The van der Waals surface area contributed by atoms with Gasteiger partial charge in [0.15, 0.2) is 0 Å². The molecule has 1 aromatic carbocycles. The number of nitrogens with zero attached hydrogens (tertiary/aromatic N) is 1. The summed E-state index contributed by atoms with van der Waals surface area (Å²) in [6.07, 6.45) is 4.53. The van der Waals surface area contributed by atoms with Crippen molar-refractivity contribution in [3.05, 3.63) is 64.9 Å². The first kappa shape index (κ1) is 12.1. The zero-order valence-corrected chi connectivity index (χ0v) is 10.5. The summed E-state index contributed by atoms with van der Waals surface area (Å²) in [6.45, 7) is 0. The molecule has 3 heteroatoms. The molecule has 0 saturated carbocycles. The van der Waals surface area contributed by atoms with Crippen LogP contribution in [0.1, 0.15) is 17.2 Å².